The summed E-state index contributed by atoms with van der Waals surface area (Å²) in [5, 5.41) is 6.84. The fourth-order valence-electron chi connectivity index (χ4n) is 4.25. The lowest BCUT2D eigenvalue weighted by Crippen LogP contribution is -2.21. The van der Waals surface area contributed by atoms with E-state index in [1.807, 2.05) is 67.0 Å². The lowest BCUT2D eigenvalue weighted by molar-refractivity contribution is 0.676. The van der Waals surface area contributed by atoms with Gasteiger partial charge in [-0.1, -0.05) is 41.9 Å². The molecule has 0 saturated carbocycles. The summed E-state index contributed by atoms with van der Waals surface area (Å²) in [6.45, 7) is 0.556. The lowest BCUT2D eigenvalue weighted by atomic mass is 10.1. The molecule has 156 valence electrons. The van der Waals surface area contributed by atoms with Gasteiger partial charge in [-0.15, -0.1) is 0 Å². The van der Waals surface area contributed by atoms with Crippen LogP contribution in [0.4, 0.5) is 0 Å². The van der Waals surface area contributed by atoms with E-state index in [0.717, 1.165) is 38.8 Å². The van der Waals surface area contributed by atoms with Gasteiger partial charge in [0.15, 0.2) is 5.65 Å². The van der Waals surface area contributed by atoms with Crippen LogP contribution in [0.25, 0.3) is 38.6 Å². The van der Waals surface area contributed by atoms with Crippen LogP contribution in [0, 0.1) is 0 Å². The van der Waals surface area contributed by atoms with Crippen LogP contribution in [0.15, 0.2) is 84.2 Å². The van der Waals surface area contributed by atoms with Crippen molar-refractivity contribution in [3.63, 3.8) is 0 Å². The van der Waals surface area contributed by atoms with Crippen molar-refractivity contribution in [1.29, 1.82) is 0 Å². The Bertz CT molecular complexity index is 1660. The van der Waals surface area contributed by atoms with Crippen molar-refractivity contribution in [2.24, 2.45) is 0 Å². The maximum Gasteiger partial charge on any atom is 0.261 e. The fraction of sp³-hybridized carbons (Fsp3) is 0.0800. The molecule has 0 fully saturated rings. The summed E-state index contributed by atoms with van der Waals surface area (Å²) in [6, 6.07) is 17.7. The Hall–Kier alpha value is -3.90. The van der Waals surface area contributed by atoms with Gasteiger partial charge in [-0.3, -0.25) is 4.79 Å². The third kappa shape index (κ3) is 2.99. The molecule has 0 aliphatic carbocycles. The first-order chi connectivity index (χ1) is 15.7. The molecule has 0 aliphatic rings. The van der Waals surface area contributed by atoms with Crippen molar-refractivity contribution in [3.05, 3.63) is 100 Å². The number of hydrogen-bond donors (Lipinski definition) is 1. The van der Waals surface area contributed by atoms with Crippen molar-refractivity contribution in [1.82, 2.24) is 24.1 Å². The van der Waals surface area contributed by atoms with Crippen molar-refractivity contribution in [2.45, 2.75) is 13.0 Å². The molecule has 7 heteroatoms. The highest BCUT2D eigenvalue weighted by molar-refractivity contribution is 6.31. The standard InChI is InChI=1S/C25H18ClN5O/c26-18-6-7-22-19(12-18)17(13-27-22)8-10-30-11-9-23-21(25(30)32)14-28-24-20(15-29-31(23)24)16-4-2-1-3-5-16/h1-7,9,11-15,27H,8,10H2. The predicted octanol–water partition coefficient (Wildman–Crippen LogP) is 5.09. The number of rotatable bonds is 4. The molecule has 6 nitrogen and oxygen atoms in total. The maximum absolute atomic E-state index is 13.2. The average Bonchev–Trinajstić information content (AvgIpc) is 3.43. The Morgan fingerprint density at radius 2 is 1.88 bits per heavy atom. The molecule has 6 aromatic rings. The van der Waals surface area contributed by atoms with Gasteiger partial charge < -0.3 is 9.55 Å². The molecular formula is C25H18ClN5O. The van der Waals surface area contributed by atoms with E-state index in [1.165, 1.54) is 0 Å². The SMILES string of the molecule is O=c1c2cnc3c(-c4ccccc4)cnn3c2ccn1CCc1c[nH]c2ccc(Cl)cc12. The summed E-state index contributed by atoms with van der Waals surface area (Å²) in [7, 11) is 0. The monoisotopic (exact) mass is 439 g/mol. The zero-order chi connectivity index (χ0) is 21.7. The minimum atomic E-state index is -0.0773. The van der Waals surface area contributed by atoms with E-state index in [4.69, 9.17) is 11.6 Å². The molecular weight excluding hydrogens is 422 g/mol. The molecule has 0 amide bonds. The largest absolute Gasteiger partial charge is 0.361 e. The normalized spacial score (nSPS) is 11.7. The van der Waals surface area contributed by atoms with Crippen LogP contribution in [0.3, 0.4) is 0 Å². The smallest absolute Gasteiger partial charge is 0.261 e. The molecule has 0 aliphatic heterocycles. The average molecular weight is 440 g/mol. The molecule has 6 rings (SSSR count). The topological polar surface area (TPSA) is 68.0 Å². The van der Waals surface area contributed by atoms with Crippen LogP contribution >= 0.6 is 11.6 Å². The zero-order valence-corrected chi connectivity index (χ0v) is 17.8. The van der Waals surface area contributed by atoms with E-state index in [9.17, 15) is 4.79 Å². The van der Waals surface area contributed by atoms with Crippen LogP contribution in [-0.2, 0) is 13.0 Å². The van der Waals surface area contributed by atoms with Gasteiger partial charge in [-0.05, 0) is 41.8 Å². The van der Waals surface area contributed by atoms with Gasteiger partial charge in [0.2, 0.25) is 0 Å². The van der Waals surface area contributed by atoms with Crippen molar-refractivity contribution >= 4 is 39.1 Å². The Labute approximate surface area is 187 Å². The Morgan fingerprint density at radius 1 is 1.00 bits per heavy atom. The first kappa shape index (κ1) is 18.8. The Balaban J connectivity index is 1.37. The fourth-order valence-corrected chi connectivity index (χ4v) is 4.42. The number of halogens is 1. The van der Waals surface area contributed by atoms with Gasteiger partial charge >= 0.3 is 0 Å². The van der Waals surface area contributed by atoms with Gasteiger partial charge in [0.25, 0.3) is 5.56 Å². The predicted molar refractivity (Wildman–Crippen MR) is 127 cm³/mol. The molecule has 0 unspecified atom stereocenters. The molecule has 4 heterocycles. The number of aromatic amines is 1. The van der Waals surface area contributed by atoms with Crippen LogP contribution < -0.4 is 5.56 Å². The summed E-state index contributed by atoms with van der Waals surface area (Å²) in [5.41, 5.74) is 5.55. The molecule has 0 bridgehead atoms. The number of pyridine rings is 1. The van der Waals surface area contributed by atoms with Gasteiger partial charge in [0, 0.05) is 46.6 Å². The summed E-state index contributed by atoms with van der Waals surface area (Å²) in [6.07, 6.45) is 7.97. The lowest BCUT2D eigenvalue weighted by Gasteiger charge is -2.08. The quantitative estimate of drug-likeness (QED) is 0.416. The highest BCUT2D eigenvalue weighted by Gasteiger charge is 2.13. The molecule has 0 spiro atoms. The number of nitrogens with one attached hydrogen (secondary N) is 1. The number of nitrogens with zero attached hydrogens (tertiary/aromatic N) is 4. The van der Waals surface area contributed by atoms with E-state index in [2.05, 4.69) is 15.1 Å². The third-order valence-corrected chi connectivity index (χ3v) is 6.14. The number of hydrogen-bond acceptors (Lipinski definition) is 3. The van der Waals surface area contributed by atoms with Gasteiger partial charge in [0.1, 0.15) is 0 Å². The van der Waals surface area contributed by atoms with Gasteiger partial charge in [0.05, 0.1) is 17.1 Å². The summed E-state index contributed by atoms with van der Waals surface area (Å²) >= 11 is 6.16. The van der Waals surface area contributed by atoms with E-state index >= 15 is 0 Å². The van der Waals surface area contributed by atoms with Crippen molar-refractivity contribution in [2.75, 3.05) is 0 Å². The molecule has 0 saturated heterocycles. The summed E-state index contributed by atoms with van der Waals surface area (Å²) in [4.78, 5) is 21.0. The van der Waals surface area contributed by atoms with Crippen LogP contribution in [-0.4, -0.2) is 24.1 Å². The van der Waals surface area contributed by atoms with E-state index < -0.39 is 0 Å². The number of H-pyrrole nitrogens is 1. The van der Waals surface area contributed by atoms with Crippen molar-refractivity contribution < 1.29 is 0 Å². The van der Waals surface area contributed by atoms with Gasteiger partial charge in [-0.2, -0.15) is 5.10 Å². The van der Waals surface area contributed by atoms with E-state index in [-0.39, 0.29) is 5.56 Å². The second-order valence-corrected chi connectivity index (χ2v) is 8.22. The van der Waals surface area contributed by atoms with Crippen molar-refractivity contribution in [3.8, 4) is 11.1 Å². The highest BCUT2D eigenvalue weighted by Crippen LogP contribution is 2.25. The molecule has 2 aromatic carbocycles. The minimum absolute atomic E-state index is 0.0773. The minimum Gasteiger partial charge on any atom is -0.361 e. The van der Waals surface area contributed by atoms with Crippen LogP contribution in [0.2, 0.25) is 5.02 Å². The number of aryl methyl sites for hydroxylation is 2. The molecule has 32 heavy (non-hydrogen) atoms. The highest BCUT2D eigenvalue weighted by atomic mass is 35.5. The molecule has 0 radical (unpaired) electrons. The number of fused-ring (bicyclic) bond motifs is 4. The molecule has 1 N–H and O–H groups in total. The first-order valence-electron chi connectivity index (χ1n) is 10.4. The second-order valence-electron chi connectivity index (χ2n) is 7.78. The third-order valence-electron chi connectivity index (χ3n) is 5.90. The van der Waals surface area contributed by atoms with E-state index in [0.29, 0.717) is 23.4 Å². The van der Waals surface area contributed by atoms with Crippen LogP contribution in [0.5, 0.6) is 0 Å². The van der Waals surface area contributed by atoms with Gasteiger partial charge in [-0.25, -0.2) is 9.50 Å². The molecule has 0 atom stereocenters. The summed E-state index contributed by atoms with van der Waals surface area (Å²) < 4.78 is 3.46. The maximum atomic E-state index is 13.2. The first-order valence-corrected chi connectivity index (χ1v) is 10.7. The van der Waals surface area contributed by atoms with E-state index in [1.54, 1.807) is 21.5 Å². The summed E-state index contributed by atoms with van der Waals surface area (Å²) in [5.74, 6) is 0. The zero-order valence-electron chi connectivity index (χ0n) is 17.0. The second kappa shape index (κ2) is 7.35. The Morgan fingerprint density at radius 3 is 2.75 bits per heavy atom. The van der Waals surface area contributed by atoms with Crippen LogP contribution in [0.1, 0.15) is 5.56 Å². The number of benzene rings is 2. The Kier molecular flexibility index (Phi) is 4.33. The number of aromatic nitrogens is 5. The molecule has 4 aromatic heterocycles.